The summed E-state index contributed by atoms with van der Waals surface area (Å²) < 4.78 is 18.2. The van der Waals surface area contributed by atoms with Gasteiger partial charge in [-0.15, -0.1) is 0 Å². The van der Waals surface area contributed by atoms with Crippen LogP contribution in [-0.2, 0) is 14.0 Å². The summed E-state index contributed by atoms with van der Waals surface area (Å²) in [5.41, 5.74) is 1.62. The molecule has 1 saturated carbocycles. The van der Waals surface area contributed by atoms with Crippen molar-refractivity contribution in [3.8, 4) is 0 Å². The fraction of sp³-hybridized carbons (Fsp3) is 0.556. The molecule has 0 radical (unpaired) electrons. The van der Waals surface area contributed by atoms with Crippen LogP contribution in [0.4, 0.5) is 4.79 Å². The Hall–Kier alpha value is -2.58. The summed E-state index contributed by atoms with van der Waals surface area (Å²) in [6.07, 6.45) is 1.74. The number of nitrogens with one attached hydrogen (secondary N) is 1. The number of likely N-dealkylation sites (tertiary alicyclic amines) is 1. The highest BCUT2D eigenvalue weighted by Gasteiger charge is 2.56. The second-order valence-corrected chi connectivity index (χ2v) is 12.4. The van der Waals surface area contributed by atoms with Crippen LogP contribution >= 0.6 is 0 Å². The van der Waals surface area contributed by atoms with Crippen molar-refractivity contribution in [1.82, 2.24) is 14.9 Å². The van der Waals surface area contributed by atoms with E-state index in [2.05, 4.69) is 56.9 Å². The Morgan fingerprint density at radius 1 is 1.11 bits per heavy atom. The molecule has 1 amide bonds. The van der Waals surface area contributed by atoms with E-state index in [0.717, 1.165) is 45.9 Å². The van der Waals surface area contributed by atoms with Gasteiger partial charge < -0.3 is 19.0 Å². The number of piperidine rings is 1. The summed E-state index contributed by atoms with van der Waals surface area (Å²) in [6.45, 7) is 14.0. The normalized spacial score (nSPS) is 27.0. The van der Waals surface area contributed by atoms with Gasteiger partial charge in [-0.3, -0.25) is 4.90 Å². The van der Waals surface area contributed by atoms with Gasteiger partial charge in [-0.2, -0.15) is 0 Å². The Morgan fingerprint density at radius 2 is 1.83 bits per heavy atom. The Bertz CT molecular complexity index is 1330. The number of aromatic amines is 1. The van der Waals surface area contributed by atoms with E-state index in [1.807, 2.05) is 31.7 Å². The van der Waals surface area contributed by atoms with Crippen LogP contribution in [-0.4, -0.2) is 50.9 Å². The number of benzene rings is 2. The van der Waals surface area contributed by atoms with Crippen molar-refractivity contribution in [3.63, 3.8) is 0 Å². The number of carbonyl (C=O) groups is 1. The van der Waals surface area contributed by atoms with Gasteiger partial charge in [-0.1, -0.05) is 24.3 Å². The molecular weight excluding hydrogens is 441 g/mol. The average Bonchev–Trinajstić information content (AvgIpc) is 3.12. The molecule has 7 nitrogen and oxygen atoms in total. The van der Waals surface area contributed by atoms with Gasteiger partial charge in [0.25, 0.3) is 0 Å². The number of hydrogen-bond acceptors (Lipinski definition) is 5. The Morgan fingerprint density at radius 3 is 2.51 bits per heavy atom. The van der Waals surface area contributed by atoms with Crippen LogP contribution in [0.2, 0.25) is 0 Å². The standard InChI is InChI=1S/C27H34BN3O4/c1-25(2,3)33-24(32)31-20-13-16(20)14-21(31)23-29-19-11-8-15-12-17(9-10-18(15)22(19)30-23)28-34-26(4,5)27(6,7)35-28/h8-12,16,20-21H,13-14H2,1-7H3,(H,29,30)/t16-,20-,21+/m1/s1. The van der Waals surface area contributed by atoms with E-state index in [1.54, 1.807) is 0 Å². The minimum Gasteiger partial charge on any atom is -0.444 e. The third kappa shape index (κ3) is 3.73. The fourth-order valence-corrected chi connectivity index (χ4v) is 5.41. The van der Waals surface area contributed by atoms with E-state index in [-0.39, 0.29) is 29.4 Å². The molecule has 8 heteroatoms. The zero-order valence-electron chi connectivity index (χ0n) is 21.6. The highest BCUT2D eigenvalue weighted by Crippen LogP contribution is 2.53. The van der Waals surface area contributed by atoms with Gasteiger partial charge >= 0.3 is 13.2 Å². The van der Waals surface area contributed by atoms with Crippen molar-refractivity contribution < 1.29 is 18.8 Å². The molecule has 1 aliphatic carbocycles. The first-order chi connectivity index (χ1) is 16.3. The molecular formula is C27H34BN3O4. The van der Waals surface area contributed by atoms with Crippen molar-refractivity contribution in [3.05, 3.63) is 36.2 Å². The molecule has 2 aromatic carbocycles. The summed E-state index contributed by atoms with van der Waals surface area (Å²) >= 11 is 0. The Balaban J connectivity index is 1.32. The molecule has 3 aromatic rings. The maximum Gasteiger partial charge on any atom is 0.494 e. The first kappa shape index (κ1) is 22.9. The molecule has 0 spiro atoms. The van der Waals surface area contributed by atoms with Gasteiger partial charge in [0.2, 0.25) is 0 Å². The maximum atomic E-state index is 13.0. The van der Waals surface area contributed by atoms with Crippen molar-refractivity contribution in [1.29, 1.82) is 0 Å². The van der Waals surface area contributed by atoms with Crippen LogP contribution in [0.15, 0.2) is 30.3 Å². The van der Waals surface area contributed by atoms with E-state index in [9.17, 15) is 4.79 Å². The molecule has 3 aliphatic rings. The predicted octanol–water partition coefficient (Wildman–Crippen LogP) is 5.09. The van der Waals surface area contributed by atoms with Crippen molar-refractivity contribution in [2.24, 2.45) is 5.92 Å². The van der Waals surface area contributed by atoms with Gasteiger partial charge in [0.15, 0.2) is 0 Å². The number of nitrogens with zero attached hydrogens (tertiary/aromatic N) is 2. The van der Waals surface area contributed by atoms with Gasteiger partial charge in [-0.25, -0.2) is 9.78 Å². The largest absolute Gasteiger partial charge is 0.494 e. The number of amides is 1. The number of rotatable bonds is 2. The SMILES string of the molecule is CC(C)(C)OC(=O)N1[C@@H]2C[C@@H]2C[C@H]1c1nc2ccc3cc(B4OC(C)(C)C(C)(C)O4)ccc3c2[nH]1. The number of aromatic nitrogens is 2. The quantitative estimate of drug-likeness (QED) is 0.523. The Labute approximate surface area is 206 Å². The van der Waals surface area contributed by atoms with Crippen LogP contribution in [0.3, 0.4) is 0 Å². The lowest BCUT2D eigenvalue weighted by Crippen LogP contribution is -2.41. The summed E-state index contributed by atoms with van der Waals surface area (Å²) in [5.74, 6) is 1.38. The number of H-pyrrole nitrogens is 1. The lowest BCUT2D eigenvalue weighted by Gasteiger charge is -2.32. The first-order valence-electron chi connectivity index (χ1n) is 12.6. The minimum atomic E-state index is -0.520. The van der Waals surface area contributed by atoms with Crippen molar-refractivity contribution in [2.45, 2.75) is 90.2 Å². The van der Waals surface area contributed by atoms with E-state index >= 15 is 0 Å². The highest BCUT2D eigenvalue weighted by molar-refractivity contribution is 6.62. The fourth-order valence-electron chi connectivity index (χ4n) is 5.41. The molecule has 0 bridgehead atoms. The molecule has 1 aromatic heterocycles. The molecule has 3 atom stereocenters. The molecule has 6 rings (SSSR count). The summed E-state index contributed by atoms with van der Waals surface area (Å²) in [7, 11) is -0.398. The van der Waals surface area contributed by atoms with Gasteiger partial charge in [0.05, 0.1) is 28.3 Å². The zero-order valence-corrected chi connectivity index (χ0v) is 21.6. The van der Waals surface area contributed by atoms with Crippen LogP contribution in [0.25, 0.3) is 21.8 Å². The number of hydrogen-bond donors (Lipinski definition) is 1. The summed E-state index contributed by atoms with van der Waals surface area (Å²) in [4.78, 5) is 23.4. The molecule has 3 fully saturated rings. The van der Waals surface area contributed by atoms with E-state index in [1.165, 1.54) is 0 Å². The second kappa shape index (κ2) is 7.23. The lowest BCUT2D eigenvalue weighted by atomic mass is 9.78. The van der Waals surface area contributed by atoms with Gasteiger partial charge in [-0.05, 0) is 84.1 Å². The van der Waals surface area contributed by atoms with Crippen molar-refractivity contribution >= 4 is 40.5 Å². The van der Waals surface area contributed by atoms with Crippen LogP contribution < -0.4 is 5.46 Å². The second-order valence-electron chi connectivity index (χ2n) is 12.4. The third-order valence-corrected chi connectivity index (χ3v) is 8.07. The lowest BCUT2D eigenvalue weighted by molar-refractivity contribution is 0.00578. The summed E-state index contributed by atoms with van der Waals surface area (Å²) in [5, 5.41) is 2.19. The molecule has 2 aliphatic heterocycles. The predicted molar refractivity (Wildman–Crippen MR) is 137 cm³/mol. The van der Waals surface area contributed by atoms with Crippen LogP contribution in [0.5, 0.6) is 0 Å². The topological polar surface area (TPSA) is 76.7 Å². The third-order valence-electron chi connectivity index (χ3n) is 8.07. The van der Waals surface area contributed by atoms with E-state index in [0.29, 0.717) is 5.92 Å². The minimum absolute atomic E-state index is 0.0833. The zero-order chi connectivity index (χ0) is 24.9. The monoisotopic (exact) mass is 475 g/mol. The molecule has 3 heterocycles. The van der Waals surface area contributed by atoms with Crippen molar-refractivity contribution in [2.75, 3.05) is 0 Å². The highest BCUT2D eigenvalue weighted by atomic mass is 16.7. The Kier molecular flexibility index (Phi) is 4.72. The molecule has 2 saturated heterocycles. The number of ether oxygens (including phenoxy) is 1. The number of fused-ring (bicyclic) bond motifs is 4. The van der Waals surface area contributed by atoms with Crippen LogP contribution in [0.1, 0.15) is 73.2 Å². The van der Waals surface area contributed by atoms with E-state index < -0.39 is 12.7 Å². The van der Waals surface area contributed by atoms with E-state index in [4.69, 9.17) is 19.0 Å². The van der Waals surface area contributed by atoms with Gasteiger partial charge in [0, 0.05) is 11.4 Å². The number of imidazole rings is 1. The molecule has 184 valence electrons. The number of carbonyl (C=O) groups excluding carboxylic acids is 1. The maximum absolute atomic E-state index is 13.0. The first-order valence-corrected chi connectivity index (χ1v) is 12.6. The molecule has 0 unspecified atom stereocenters. The summed E-state index contributed by atoms with van der Waals surface area (Å²) in [6, 6.07) is 10.6. The molecule has 1 N–H and O–H groups in total. The molecule has 35 heavy (non-hydrogen) atoms. The van der Waals surface area contributed by atoms with Gasteiger partial charge in [0.1, 0.15) is 11.4 Å². The van der Waals surface area contributed by atoms with Crippen LogP contribution in [0, 0.1) is 5.92 Å². The smallest absolute Gasteiger partial charge is 0.444 e. The average molecular weight is 475 g/mol.